The Bertz CT molecular complexity index is 371. The Morgan fingerprint density at radius 1 is 1.21 bits per heavy atom. The van der Waals surface area contributed by atoms with E-state index in [-0.39, 0.29) is 0 Å². The molecule has 110 valence electrons. The van der Waals surface area contributed by atoms with Gasteiger partial charge in [0.05, 0.1) is 0 Å². The molecule has 1 aromatic heterocycles. The number of likely N-dealkylation sites (N-methyl/N-ethyl adjacent to an activating group) is 2. The molecule has 1 aromatic rings. The van der Waals surface area contributed by atoms with Crippen molar-refractivity contribution in [1.29, 1.82) is 0 Å². The second-order valence-electron chi connectivity index (χ2n) is 5.87. The lowest BCUT2D eigenvalue weighted by molar-refractivity contribution is 0.276. The molecule has 1 rings (SSSR count). The molecule has 0 spiro atoms. The highest BCUT2D eigenvalue weighted by Crippen LogP contribution is 2.22. The van der Waals surface area contributed by atoms with Gasteiger partial charge in [-0.25, -0.2) is 0 Å². The van der Waals surface area contributed by atoms with Crippen LogP contribution in [0.5, 0.6) is 0 Å². The molecule has 0 radical (unpaired) electrons. The van der Waals surface area contributed by atoms with Crippen molar-refractivity contribution in [2.24, 2.45) is 0 Å². The zero-order chi connectivity index (χ0) is 14.4. The third-order valence-corrected chi connectivity index (χ3v) is 4.22. The molecule has 0 aliphatic heterocycles. The summed E-state index contributed by atoms with van der Waals surface area (Å²) >= 11 is 1.92. The van der Waals surface area contributed by atoms with Crippen LogP contribution in [0.15, 0.2) is 6.07 Å². The lowest BCUT2D eigenvalue weighted by Gasteiger charge is -2.19. The Morgan fingerprint density at radius 2 is 1.89 bits per heavy atom. The SMILES string of the molecule is Cc1sc(CNC(C)C)cc1CN(C)CCN(C)C. The van der Waals surface area contributed by atoms with Crippen LogP contribution in [0.25, 0.3) is 0 Å². The molecule has 0 aliphatic carbocycles. The molecule has 19 heavy (non-hydrogen) atoms. The maximum Gasteiger partial charge on any atom is 0.0302 e. The fourth-order valence-corrected chi connectivity index (χ4v) is 2.88. The first-order valence-electron chi connectivity index (χ1n) is 7.03. The topological polar surface area (TPSA) is 18.5 Å². The van der Waals surface area contributed by atoms with Crippen LogP contribution in [0, 0.1) is 6.92 Å². The smallest absolute Gasteiger partial charge is 0.0302 e. The van der Waals surface area contributed by atoms with E-state index in [0.717, 1.165) is 26.2 Å². The molecule has 1 N–H and O–H groups in total. The number of aryl methyl sites for hydroxylation is 1. The first kappa shape index (κ1) is 16.6. The maximum absolute atomic E-state index is 3.49. The molecule has 1 heterocycles. The summed E-state index contributed by atoms with van der Waals surface area (Å²) in [5, 5.41) is 3.49. The van der Waals surface area contributed by atoms with Crippen LogP contribution < -0.4 is 5.32 Å². The Labute approximate surface area is 122 Å². The molecule has 0 unspecified atom stereocenters. The highest BCUT2D eigenvalue weighted by atomic mass is 32.1. The minimum absolute atomic E-state index is 0.550. The van der Waals surface area contributed by atoms with Gasteiger partial charge in [0.25, 0.3) is 0 Å². The molecule has 0 fully saturated rings. The van der Waals surface area contributed by atoms with E-state index < -0.39 is 0 Å². The first-order chi connectivity index (χ1) is 8.88. The van der Waals surface area contributed by atoms with E-state index in [4.69, 9.17) is 0 Å². The van der Waals surface area contributed by atoms with Gasteiger partial charge in [-0.1, -0.05) is 13.8 Å². The number of hydrogen-bond donors (Lipinski definition) is 1. The number of nitrogens with zero attached hydrogens (tertiary/aromatic N) is 2. The molecule has 0 atom stereocenters. The van der Waals surface area contributed by atoms with Crippen molar-refractivity contribution in [1.82, 2.24) is 15.1 Å². The van der Waals surface area contributed by atoms with Crippen LogP contribution in [0.3, 0.4) is 0 Å². The average molecular weight is 283 g/mol. The standard InChI is InChI=1S/C15H29N3S/c1-12(2)16-10-15-9-14(13(3)19-15)11-18(6)8-7-17(4)5/h9,12,16H,7-8,10-11H2,1-6H3. The highest BCUT2D eigenvalue weighted by molar-refractivity contribution is 7.12. The molecule has 0 aromatic carbocycles. The van der Waals surface area contributed by atoms with Crippen LogP contribution in [-0.4, -0.2) is 50.1 Å². The van der Waals surface area contributed by atoms with E-state index in [1.807, 2.05) is 11.3 Å². The summed E-state index contributed by atoms with van der Waals surface area (Å²) in [6.07, 6.45) is 0. The Balaban J connectivity index is 2.49. The second kappa shape index (κ2) is 8.00. The van der Waals surface area contributed by atoms with Gasteiger partial charge in [-0.15, -0.1) is 11.3 Å². The summed E-state index contributed by atoms with van der Waals surface area (Å²) in [6, 6.07) is 2.91. The first-order valence-corrected chi connectivity index (χ1v) is 7.85. The van der Waals surface area contributed by atoms with E-state index in [1.165, 1.54) is 15.3 Å². The van der Waals surface area contributed by atoms with Gasteiger partial charge in [-0.05, 0) is 39.7 Å². The van der Waals surface area contributed by atoms with Gasteiger partial charge in [0, 0.05) is 42.0 Å². The molecular weight excluding hydrogens is 254 g/mol. The Morgan fingerprint density at radius 3 is 2.47 bits per heavy atom. The summed E-state index contributed by atoms with van der Waals surface area (Å²) in [5.74, 6) is 0. The van der Waals surface area contributed by atoms with Crippen molar-refractivity contribution in [3.8, 4) is 0 Å². The molecule has 0 bridgehead atoms. The second-order valence-corrected chi connectivity index (χ2v) is 7.21. The normalized spacial score (nSPS) is 12.1. The molecule has 4 heteroatoms. The van der Waals surface area contributed by atoms with Crippen LogP contribution in [0.4, 0.5) is 0 Å². The third-order valence-electron chi connectivity index (χ3n) is 3.13. The van der Waals surface area contributed by atoms with E-state index in [0.29, 0.717) is 6.04 Å². The zero-order valence-electron chi connectivity index (χ0n) is 13.3. The van der Waals surface area contributed by atoms with Crippen LogP contribution in [0.2, 0.25) is 0 Å². The molecule has 0 saturated carbocycles. The zero-order valence-corrected chi connectivity index (χ0v) is 14.1. The van der Waals surface area contributed by atoms with Crippen molar-refractivity contribution in [2.45, 2.75) is 39.9 Å². The molecule has 0 aliphatic rings. The number of nitrogens with one attached hydrogen (secondary N) is 1. The highest BCUT2D eigenvalue weighted by Gasteiger charge is 2.08. The fraction of sp³-hybridized carbons (Fsp3) is 0.733. The minimum Gasteiger partial charge on any atom is -0.310 e. The Hall–Kier alpha value is -0.420. The third kappa shape index (κ3) is 6.52. The summed E-state index contributed by atoms with van der Waals surface area (Å²) in [5.41, 5.74) is 1.48. The molecule has 0 amide bonds. The minimum atomic E-state index is 0.550. The monoisotopic (exact) mass is 283 g/mol. The van der Waals surface area contributed by atoms with Gasteiger partial charge in [0.1, 0.15) is 0 Å². The number of rotatable bonds is 8. The van der Waals surface area contributed by atoms with Crippen molar-refractivity contribution < 1.29 is 0 Å². The van der Waals surface area contributed by atoms with E-state index in [1.54, 1.807) is 0 Å². The van der Waals surface area contributed by atoms with E-state index >= 15 is 0 Å². The molecule has 3 nitrogen and oxygen atoms in total. The van der Waals surface area contributed by atoms with E-state index in [9.17, 15) is 0 Å². The van der Waals surface area contributed by atoms with Crippen LogP contribution in [0.1, 0.15) is 29.2 Å². The van der Waals surface area contributed by atoms with Crippen molar-refractivity contribution >= 4 is 11.3 Å². The number of thiophene rings is 1. The largest absolute Gasteiger partial charge is 0.310 e. The number of hydrogen-bond acceptors (Lipinski definition) is 4. The van der Waals surface area contributed by atoms with Crippen LogP contribution >= 0.6 is 11.3 Å². The predicted molar refractivity (Wildman–Crippen MR) is 85.9 cm³/mol. The van der Waals surface area contributed by atoms with Crippen molar-refractivity contribution in [3.63, 3.8) is 0 Å². The van der Waals surface area contributed by atoms with Gasteiger partial charge >= 0.3 is 0 Å². The predicted octanol–water partition coefficient (Wildman–Crippen LogP) is 2.55. The molecule has 0 saturated heterocycles. The van der Waals surface area contributed by atoms with E-state index in [2.05, 4.69) is 63.1 Å². The molecular formula is C15H29N3S. The summed E-state index contributed by atoms with van der Waals surface area (Å²) in [4.78, 5) is 7.53. The maximum atomic E-state index is 3.49. The lowest BCUT2D eigenvalue weighted by atomic mass is 10.2. The summed E-state index contributed by atoms with van der Waals surface area (Å²) in [7, 11) is 6.45. The Kier molecular flexibility index (Phi) is 7.00. The summed E-state index contributed by atoms with van der Waals surface area (Å²) in [6.45, 7) is 10.9. The average Bonchev–Trinajstić information content (AvgIpc) is 2.65. The lowest BCUT2D eigenvalue weighted by Crippen LogP contribution is -2.28. The van der Waals surface area contributed by atoms with Gasteiger partial charge in [0.2, 0.25) is 0 Å². The van der Waals surface area contributed by atoms with Crippen LogP contribution in [-0.2, 0) is 13.1 Å². The van der Waals surface area contributed by atoms with Crippen molar-refractivity contribution in [3.05, 3.63) is 21.4 Å². The fourth-order valence-electron chi connectivity index (χ4n) is 1.88. The quantitative estimate of drug-likeness (QED) is 0.791. The summed E-state index contributed by atoms with van der Waals surface area (Å²) < 4.78 is 0. The van der Waals surface area contributed by atoms with Gasteiger partial charge in [0.15, 0.2) is 0 Å². The van der Waals surface area contributed by atoms with Gasteiger partial charge in [-0.2, -0.15) is 0 Å². The van der Waals surface area contributed by atoms with Gasteiger partial charge in [-0.3, -0.25) is 0 Å². The van der Waals surface area contributed by atoms with Crippen molar-refractivity contribution in [2.75, 3.05) is 34.2 Å². The van der Waals surface area contributed by atoms with Gasteiger partial charge < -0.3 is 15.1 Å².